The summed E-state index contributed by atoms with van der Waals surface area (Å²) in [5.74, 6) is 0.712. The first kappa shape index (κ1) is 33.1. The molecule has 1 aliphatic rings. The molecule has 0 spiro atoms. The number of aromatic nitrogens is 3. The Kier molecular flexibility index (Phi) is 7.52. The van der Waals surface area contributed by atoms with Crippen molar-refractivity contribution in [2.24, 2.45) is 0 Å². The second kappa shape index (κ2) is 12.9. The van der Waals surface area contributed by atoms with Crippen LogP contribution in [0.25, 0.3) is 99.7 Å². The molecule has 0 amide bonds. The van der Waals surface area contributed by atoms with E-state index in [1.54, 1.807) is 0 Å². The summed E-state index contributed by atoms with van der Waals surface area (Å²) in [6.45, 7) is 4.69. The highest BCUT2D eigenvalue weighted by atomic mass is 14.9. The summed E-state index contributed by atoms with van der Waals surface area (Å²) in [6, 6.07) is 65.2. The van der Waals surface area contributed by atoms with Crippen molar-refractivity contribution >= 4 is 32.4 Å². The summed E-state index contributed by atoms with van der Waals surface area (Å²) in [5.41, 5.74) is 15.7. The van der Waals surface area contributed by atoms with Crippen molar-refractivity contribution in [3.63, 3.8) is 0 Å². The van der Waals surface area contributed by atoms with E-state index < -0.39 is 0 Å². The lowest BCUT2D eigenvalue weighted by Gasteiger charge is -2.22. The minimum absolute atomic E-state index is 0.153. The van der Waals surface area contributed by atoms with E-state index in [4.69, 9.17) is 15.0 Å². The number of pyridine rings is 1. The smallest absolute Gasteiger partial charge is 0.160 e. The molecule has 1 aliphatic carbocycles. The summed E-state index contributed by atoms with van der Waals surface area (Å²) in [4.78, 5) is 15.4. The molecule has 57 heavy (non-hydrogen) atoms. The Labute approximate surface area is 332 Å². The van der Waals surface area contributed by atoms with Gasteiger partial charge in [-0.1, -0.05) is 166 Å². The van der Waals surface area contributed by atoms with Crippen LogP contribution in [0.2, 0.25) is 0 Å². The molecule has 10 aromatic rings. The van der Waals surface area contributed by atoms with Crippen molar-refractivity contribution in [3.05, 3.63) is 199 Å². The Hall–Kier alpha value is -7.23. The number of nitrogens with zero attached hydrogens (tertiary/aromatic N) is 3. The zero-order valence-corrected chi connectivity index (χ0v) is 31.7. The van der Waals surface area contributed by atoms with E-state index in [1.807, 2.05) is 18.3 Å². The van der Waals surface area contributed by atoms with Crippen molar-refractivity contribution < 1.29 is 0 Å². The minimum Gasteiger partial charge on any atom is -0.256 e. The molecule has 3 nitrogen and oxygen atoms in total. The third kappa shape index (κ3) is 5.46. The molecule has 0 fully saturated rings. The van der Waals surface area contributed by atoms with Crippen molar-refractivity contribution in [1.29, 1.82) is 0 Å². The van der Waals surface area contributed by atoms with E-state index in [0.717, 1.165) is 61.1 Å². The monoisotopic (exact) mass is 727 g/mol. The topological polar surface area (TPSA) is 38.7 Å². The average Bonchev–Trinajstić information content (AvgIpc) is 3.50. The Bertz CT molecular complexity index is 3200. The number of fused-ring (bicyclic) bond motifs is 6. The van der Waals surface area contributed by atoms with Gasteiger partial charge in [-0.3, -0.25) is 4.98 Å². The van der Waals surface area contributed by atoms with Crippen LogP contribution >= 0.6 is 0 Å². The maximum Gasteiger partial charge on any atom is 0.160 e. The third-order valence-corrected chi connectivity index (χ3v) is 11.9. The molecule has 0 N–H and O–H groups in total. The van der Waals surface area contributed by atoms with Gasteiger partial charge in [0.15, 0.2) is 5.82 Å². The Morgan fingerprint density at radius 3 is 1.81 bits per heavy atom. The Morgan fingerprint density at radius 1 is 0.386 bits per heavy atom. The zero-order chi connectivity index (χ0) is 38.1. The number of rotatable bonds is 5. The van der Waals surface area contributed by atoms with Crippen molar-refractivity contribution in [1.82, 2.24) is 15.0 Å². The molecule has 0 saturated carbocycles. The Morgan fingerprint density at radius 2 is 1.02 bits per heavy atom. The number of hydrogen-bond donors (Lipinski definition) is 0. The standard InChI is InChI=1S/C54H37N3/c1-54(2)47-21-12-20-45(52(47)46-30-37-15-6-7-16-38(37)31-48(46)54)51-32-50(56-53(57-51)36-13-4-3-5-14-36)44-28-27-41(42-18-9-10-19-43(42)44)35-25-23-34(24-26-35)40-29-39-17-8-11-22-49(39)55-33-40/h3-33H,1-2H3. The molecule has 2 aromatic heterocycles. The molecule has 8 aromatic carbocycles. The maximum atomic E-state index is 5.34. The fraction of sp³-hybridized carbons (Fsp3) is 0.0556. The van der Waals surface area contributed by atoms with E-state index in [1.165, 1.54) is 44.0 Å². The quantitative estimate of drug-likeness (QED) is 0.177. The van der Waals surface area contributed by atoms with Crippen LogP contribution in [0.1, 0.15) is 25.0 Å². The number of hydrogen-bond acceptors (Lipinski definition) is 3. The van der Waals surface area contributed by atoms with Crippen LogP contribution in [0.5, 0.6) is 0 Å². The van der Waals surface area contributed by atoms with E-state index in [0.29, 0.717) is 5.82 Å². The number of benzene rings is 8. The van der Waals surface area contributed by atoms with Gasteiger partial charge in [-0.2, -0.15) is 0 Å². The van der Waals surface area contributed by atoms with E-state index in [9.17, 15) is 0 Å². The fourth-order valence-corrected chi connectivity index (χ4v) is 8.97. The lowest BCUT2D eigenvalue weighted by atomic mass is 9.81. The number of para-hydroxylation sites is 1. The van der Waals surface area contributed by atoms with Gasteiger partial charge in [0.25, 0.3) is 0 Å². The maximum absolute atomic E-state index is 5.34. The highest BCUT2D eigenvalue weighted by Gasteiger charge is 2.37. The molecular weight excluding hydrogens is 691 g/mol. The average molecular weight is 728 g/mol. The molecule has 0 saturated heterocycles. The lowest BCUT2D eigenvalue weighted by molar-refractivity contribution is 0.661. The SMILES string of the molecule is CC1(C)c2cc3ccccc3cc2-c2c(-c3cc(-c4ccc(-c5ccc(-c6cnc7ccccc7c6)cc5)c5ccccc45)nc(-c4ccccc4)n3)cccc21. The summed E-state index contributed by atoms with van der Waals surface area (Å²) in [6.07, 6.45) is 1.96. The molecule has 3 heteroatoms. The fourth-order valence-electron chi connectivity index (χ4n) is 8.97. The normalized spacial score (nSPS) is 12.9. The van der Waals surface area contributed by atoms with Gasteiger partial charge in [0.1, 0.15) is 0 Å². The highest BCUT2D eigenvalue weighted by Crippen LogP contribution is 2.53. The highest BCUT2D eigenvalue weighted by molar-refractivity contribution is 6.05. The molecule has 0 radical (unpaired) electrons. The third-order valence-electron chi connectivity index (χ3n) is 11.9. The van der Waals surface area contributed by atoms with Crippen molar-refractivity contribution in [2.45, 2.75) is 19.3 Å². The van der Waals surface area contributed by atoms with Gasteiger partial charge in [-0.25, -0.2) is 9.97 Å². The van der Waals surface area contributed by atoms with Gasteiger partial charge in [-0.15, -0.1) is 0 Å². The van der Waals surface area contributed by atoms with Crippen LogP contribution in [0.15, 0.2) is 188 Å². The molecule has 268 valence electrons. The first-order chi connectivity index (χ1) is 28.0. The lowest BCUT2D eigenvalue weighted by Crippen LogP contribution is -2.14. The minimum atomic E-state index is -0.153. The molecule has 0 bridgehead atoms. The summed E-state index contributed by atoms with van der Waals surface area (Å²) in [5, 5.41) is 5.98. The second-order valence-electron chi connectivity index (χ2n) is 15.6. The van der Waals surface area contributed by atoms with Gasteiger partial charge in [0.2, 0.25) is 0 Å². The predicted molar refractivity (Wildman–Crippen MR) is 237 cm³/mol. The van der Waals surface area contributed by atoms with Gasteiger partial charge >= 0.3 is 0 Å². The molecule has 0 unspecified atom stereocenters. The predicted octanol–water partition coefficient (Wildman–Crippen LogP) is 14.0. The Balaban J connectivity index is 1.06. The largest absolute Gasteiger partial charge is 0.256 e. The van der Waals surface area contributed by atoms with Crippen LogP contribution in [-0.2, 0) is 5.41 Å². The van der Waals surface area contributed by atoms with E-state index in [-0.39, 0.29) is 5.41 Å². The molecule has 0 aliphatic heterocycles. The molecule has 2 heterocycles. The van der Waals surface area contributed by atoms with Crippen LogP contribution in [0.4, 0.5) is 0 Å². The molecule has 11 rings (SSSR count). The van der Waals surface area contributed by atoms with E-state index in [2.05, 4.69) is 184 Å². The van der Waals surface area contributed by atoms with Crippen LogP contribution < -0.4 is 0 Å². The first-order valence-corrected chi connectivity index (χ1v) is 19.6. The van der Waals surface area contributed by atoms with E-state index >= 15 is 0 Å². The summed E-state index contributed by atoms with van der Waals surface area (Å²) < 4.78 is 0. The van der Waals surface area contributed by atoms with Gasteiger partial charge in [-0.05, 0) is 90.8 Å². The van der Waals surface area contributed by atoms with Crippen LogP contribution in [-0.4, -0.2) is 15.0 Å². The first-order valence-electron chi connectivity index (χ1n) is 19.6. The van der Waals surface area contributed by atoms with Gasteiger partial charge in [0.05, 0.1) is 16.9 Å². The van der Waals surface area contributed by atoms with Crippen molar-refractivity contribution in [3.8, 4) is 67.3 Å². The van der Waals surface area contributed by atoms with Gasteiger partial charge < -0.3 is 0 Å². The summed E-state index contributed by atoms with van der Waals surface area (Å²) >= 11 is 0. The summed E-state index contributed by atoms with van der Waals surface area (Å²) in [7, 11) is 0. The zero-order valence-electron chi connectivity index (χ0n) is 31.7. The van der Waals surface area contributed by atoms with Crippen LogP contribution in [0.3, 0.4) is 0 Å². The second-order valence-corrected chi connectivity index (χ2v) is 15.6. The molecule has 0 atom stereocenters. The van der Waals surface area contributed by atoms with Gasteiger partial charge in [0, 0.05) is 39.3 Å². The van der Waals surface area contributed by atoms with Crippen molar-refractivity contribution in [2.75, 3.05) is 0 Å². The van der Waals surface area contributed by atoms with Crippen LogP contribution in [0, 0.1) is 0 Å². The molecular formula is C54H37N3.